The van der Waals surface area contributed by atoms with Gasteiger partial charge in [-0.3, -0.25) is 4.79 Å². The smallest absolute Gasteiger partial charge is 0.249 e. The number of aromatic nitrogens is 4. The van der Waals surface area contributed by atoms with Crippen LogP contribution in [0.15, 0.2) is 36.4 Å². The number of aryl methyl sites for hydroxylation is 1. The van der Waals surface area contributed by atoms with E-state index >= 15 is 0 Å². The fourth-order valence-corrected chi connectivity index (χ4v) is 2.97. The molecule has 1 aromatic carbocycles. The molecule has 1 N–H and O–H groups in total. The van der Waals surface area contributed by atoms with Crippen molar-refractivity contribution in [2.75, 3.05) is 16.8 Å². The van der Waals surface area contributed by atoms with Crippen LogP contribution in [0.3, 0.4) is 0 Å². The summed E-state index contributed by atoms with van der Waals surface area (Å²) in [7, 11) is 0. The number of amides is 1. The fourth-order valence-electron chi connectivity index (χ4n) is 2.84. The first-order chi connectivity index (χ1) is 11.6. The number of fused-ring (bicyclic) bond motifs is 1. The van der Waals surface area contributed by atoms with Gasteiger partial charge >= 0.3 is 0 Å². The molecule has 1 amide bonds. The molecule has 3 heterocycles. The van der Waals surface area contributed by atoms with E-state index in [0.717, 1.165) is 5.69 Å². The van der Waals surface area contributed by atoms with Crippen molar-refractivity contribution in [2.45, 2.75) is 19.4 Å². The molecule has 1 aliphatic heterocycles. The summed E-state index contributed by atoms with van der Waals surface area (Å²) in [5.74, 6) is 1.36. The molecule has 1 fully saturated rings. The molecule has 7 nitrogen and oxygen atoms in total. The van der Waals surface area contributed by atoms with Gasteiger partial charge in [0.1, 0.15) is 11.9 Å². The topological polar surface area (TPSA) is 75.4 Å². The molecule has 24 heavy (non-hydrogen) atoms. The second kappa shape index (κ2) is 5.76. The van der Waals surface area contributed by atoms with Crippen molar-refractivity contribution in [2.24, 2.45) is 0 Å². The van der Waals surface area contributed by atoms with Crippen LogP contribution in [0, 0.1) is 6.92 Å². The number of anilines is 2. The first-order valence-electron chi connectivity index (χ1n) is 7.64. The van der Waals surface area contributed by atoms with Crippen LogP contribution in [-0.4, -0.2) is 38.3 Å². The zero-order valence-electron chi connectivity index (χ0n) is 13.0. The molecular weight excluding hydrogens is 328 g/mol. The summed E-state index contributed by atoms with van der Waals surface area (Å²) in [5, 5.41) is 16.3. The Labute approximate surface area is 143 Å². The van der Waals surface area contributed by atoms with Gasteiger partial charge in [0.2, 0.25) is 5.91 Å². The third kappa shape index (κ3) is 2.56. The van der Waals surface area contributed by atoms with Crippen molar-refractivity contribution < 1.29 is 4.79 Å². The van der Waals surface area contributed by atoms with E-state index in [-0.39, 0.29) is 11.9 Å². The first kappa shape index (κ1) is 14.9. The van der Waals surface area contributed by atoms with Gasteiger partial charge in [-0.05, 0) is 49.7 Å². The van der Waals surface area contributed by atoms with Crippen LogP contribution in [-0.2, 0) is 4.79 Å². The molecule has 122 valence electrons. The highest BCUT2D eigenvalue weighted by Gasteiger charge is 2.32. The molecule has 4 rings (SSSR count). The number of halogens is 1. The molecule has 1 aliphatic rings. The summed E-state index contributed by atoms with van der Waals surface area (Å²) < 4.78 is 1.65. The third-order valence-corrected chi connectivity index (χ3v) is 4.34. The largest absolute Gasteiger partial charge is 0.357 e. The second-order valence-corrected chi connectivity index (χ2v) is 6.12. The highest BCUT2D eigenvalue weighted by atomic mass is 35.5. The number of carbonyl (C=O) groups is 1. The Bertz CT molecular complexity index is 907. The van der Waals surface area contributed by atoms with Gasteiger partial charge in [0.05, 0.1) is 0 Å². The van der Waals surface area contributed by atoms with Crippen LogP contribution in [0.5, 0.6) is 0 Å². The molecule has 2 aromatic heterocycles. The minimum atomic E-state index is -0.303. The lowest BCUT2D eigenvalue weighted by Crippen LogP contribution is -2.33. The average molecular weight is 343 g/mol. The molecule has 1 atom stereocenters. The number of hydrogen-bond acceptors (Lipinski definition) is 5. The van der Waals surface area contributed by atoms with Crippen LogP contribution < -0.4 is 10.2 Å². The Morgan fingerprint density at radius 1 is 1.17 bits per heavy atom. The van der Waals surface area contributed by atoms with Crippen LogP contribution >= 0.6 is 11.6 Å². The van der Waals surface area contributed by atoms with Crippen molar-refractivity contribution >= 4 is 34.7 Å². The van der Waals surface area contributed by atoms with Crippen molar-refractivity contribution in [1.82, 2.24) is 19.8 Å². The molecule has 8 heteroatoms. The summed E-state index contributed by atoms with van der Waals surface area (Å²) in [4.78, 5) is 14.4. The van der Waals surface area contributed by atoms with E-state index in [2.05, 4.69) is 20.6 Å². The van der Waals surface area contributed by atoms with E-state index in [1.54, 1.807) is 21.5 Å². The minimum Gasteiger partial charge on any atom is -0.357 e. The fraction of sp³-hybridized carbons (Fsp3) is 0.250. The lowest BCUT2D eigenvalue weighted by molar-refractivity contribution is -0.117. The molecule has 0 saturated carbocycles. The lowest BCUT2D eigenvalue weighted by atomic mass is 10.2. The Morgan fingerprint density at radius 3 is 2.75 bits per heavy atom. The number of nitrogens with one attached hydrogen (secondary N) is 1. The van der Waals surface area contributed by atoms with Crippen molar-refractivity contribution in [3.63, 3.8) is 0 Å². The SMILES string of the molecule is Cc1nnc2ccc(N[C@H]3CCN(c4ccc(Cl)cc4)C3=O)nn12. The van der Waals surface area contributed by atoms with Gasteiger partial charge in [0, 0.05) is 17.3 Å². The molecule has 0 radical (unpaired) electrons. The number of rotatable bonds is 3. The number of hydrogen-bond donors (Lipinski definition) is 1. The number of benzene rings is 1. The summed E-state index contributed by atoms with van der Waals surface area (Å²) in [6, 6.07) is 10.6. The Morgan fingerprint density at radius 2 is 1.96 bits per heavy atom. The van der Waals surface area contributed by atoms with Gasteiger partial charge in [-0.1, -0.05) is 11.6 Å². The van der Waals surface area contributed by atoms with Gasteiger partial charge in [-0.2, -0.15) is 4.52 Å². The third-order valence-electron chi connectivity index (χ3n) is 4.08. The monoisotopic (exact) mass is 342 g/mol. The van der Waals surface area contributed by atoms with Gasteiger partial charge < -0.3 is 10.2 Å². The first-order valence-corrected chi connectivity index (χ1v) is 8.02. The standard InChI is InChI=1S/C16H15ClN6O/c1-10-19-20-15-7-6-14(21-23(10)15)18-13-8-9-22(16(13)24)12-4-2-11(17)3-5-12/h2-7,13H,8-9H2,1H3,(H,18,21)/t13-/m0/s1. The molecule has 3 aromatic rings. The molecular formula is C16H15ClN6O. The second-order valence-electron chi connectivity index (χ2n) is 5.69. The Kier molecular flexibility index (Phi) is 3.57. The Hall–Kier alpha value is -2.67. The molecule has 1 saturated heterocycles. The molecule has 0 spiro atoms. The minimum absolute atomic E-state index is 0.0275. The lowest BCUT2D eigenvalue weighted by Gasteiger charge is -2.17. The van der Waals surface area contributed by atoms with Crippen molar-refractivity contribution in [3.05, 3.63) is 47.2 Å². The highest BCUT2D eigenvalue weighted by molar-refractivity contribution is 6.30. The maximum absolute atomic E-state index is 12.6. The van der Waals surface area contributed by atoms with E-state index in [9.17, 15) is 4.79 Å². The van der Waals surface area contributed by atoms with Crippen LogP contribution in [0.25, 0.3) is 5.65 Å². The number of carbonyl (C=O) groups excluding carboxylic acids is 1. The summed E-state index contributed by atoms with van der Waals surface area (Å²) in [6.07, 6.45) is 0.711. The molecule has 0 aliphatic carbocycles. The molecule has 0 unspecified atom stereocenters. The maximum Gasteiger partial charge on any atom is 0.249 e. The Balaban J connectivity index is 1.53. The van der Waals surface area contributed by atoms with Crippen LogP contribution in [0.1, 0.15) is 12.2 Å². The predicted octanol–water partition coefficient (Wildman–Crippen LogP) is 2.30. The van der Waals surface area contributed by atoms with Crippen molar-refractivity contribution in [3.8, 4) is 0 Å². The zero-order chi connectivity index (χ0) is 16.7. The van der Waals surface area contributed by atoms with Crippen LogP contribution in [0.2, 0.25) is 5.02 Å². The van der Waals surface area contributed by atoms with Crippen molar-refractivity contribution in [1.29, 1.82) is 0 Å². The normalized spacial score (nSPS) is 17.7. The van der Waals surface area contributed by atoms with E-state index in [0.29, 0.717) is 35.3 Å². The highest BCUT2D eigenvalue weighted by Crippen LogP contribution is 2.24. The predicted molar refractivity (Wildman–Crippen MR) is 91.4 cm³/mol. The van der Waals surface area contributed by atoms with E-state index in [1.165, 1.54) is 0 Å². The van der Waals surface area contributed by atoms with Gasteiger partial charge in [-0.15, -0.1) is 15.3 Å². The zero-order valence-corrected chi connectivity index (χ0v) is 13.7. The average Bonchev–Trinajstić information content (AvgIpc) is 3.13. The van der Waals surface area contributed by atoms with Gasteiger partial charge in [0.25, 0.3) is 0 Å². The van der Waals surface area contributed by atoms with Crippen LogP contribution in [0.4, 0.5) is 11.5 Å². The summed E-state index contributed by atoms with van der Waals surface area (Å²) in [5.41, 5.74) is 1.53. The van der Waals surface area contributed by atoms with Gasteiger partial charge in [0.15, 0.2) is 11.5 Å². The van der Waals surface area contributed by atoms with E-state index in [4.69, 9.17) is 11.6 Å². The van der Waals surface area contributed by atoms with E-state index < -0.39 is 0 Å². The summed E-state index contributed by atoms with van der Waals surface area (Å²) >= 11 is 5.91. The number of nitrogens with zero attached hydrogens (tertiary/aromatic N) is 5. The molecule has 0 bridgehead atoms. The van der Waals surface area contributed by atoms with E-state index in [1.807, 2.05) is 31.2 Å². The van der Waals surface area contributed by atoms with Gasteiger partial charge in [-0.25, -0.2) is 0 Å². The summed E-state index contributed by atoms with van der Waals surface area (Å²) in [6.45, 7) is 2.49. The quantitative estimate of drug-likeness (QED) is 0.790. The maximum atomic E-state index is 12.6.